The van der Waals surface area contributed by atoms with Gasteiger partial charge in [-0.2, -0.15) is 5.26 Å². The number of aryl methyl sites for hydroxylation is 3. The lowest BCUT2D eigenvalue weighted by atomic mass is 10.1. The van der Waals surface area contributed by atoms with Crippen LogP contribution >= 0.6 is 0 Å². The van der Waals surface area contributed by atoms with Crippen molar-refractivity contribution in [2.45, 2.75) is 20.8 Å². The molecule has 5 nitrogen and oxygen atoms in total. The molecule has 2 aromatic heterocycles. The highest BCUT2D eigenvalue weighted by Crippen LogP contribution is 2.32. The van der Waals surface area contributed by atoms with Crippen LogP contribution in [-0.2, 0) is 0 Å². The van der Waals surface area contributed by atoms with E-state index in [2.05, 4.69) is 11.2 Å². The Hall–Kier alpha value is -3.00. The van der Waals surface area contributed by atoms with Gasteiger partial charge in [0, 0.05) is 0 Å². The number of rotatable bonds is 3. The first-order valence-electron chi connectivity index (χ1n) is 7.27. The second-order valence-corrected chi connectivity index (χ2v) is 5.41. The smallest absolute Gasteiger partial charge is 0.157 e. The predicted octanol–water partition coefficient (Wildman–Crippen LogP) is 3.94. The Morgan fingerprint density at radius 2 is 1.87 bits per heavy atom. The Morgan fingerprint density at radius 1 is 1.17 bits per heavy atom. The van der Waals surface area contributed by atoms with Gasteiger partial charge in [-0.05, 0) is 62.2 Å². The van der Waals surface area contributed by atoms with Gasteiger partial charge in [0.2, 0.25) is 0 Å². The fraction of sp³-hybridized carbons (Fsp3) is 0.222. The summed E-state index contributed by atoms with van der Waals surface area (Å²) in [5, 5.41) is 13.6. The van der Waals surface area contributed by atoms with Gasteiger partial charge in [0.05, 0.1) is 12.8 Å². The van der Waals surface area contributed by atoms with Crippen LogP contribution in [0.1, 0.15) is 22.7 Å². The van der Waals surface area contributed by atoms with E-state index in [0.29, 0.717) is 11.5 Å². The highest BCUT2D eigenvalue weighted by atomic mass is 16.5. The van der Waals surface area contributed by atoms with Crippen molar-refractivity contribution in [2.75, 3.05) is 7.11 Å². The summed E-state index contributed by atoms with van der Waals surface area (Å²) in [6.07, 6.45) is 0. The Bertz CT molecular complexity index is 876. The third-order valence-electron chi connectivity index (χ3n) is 3.90. The minimum Gasteiger partial charge on any atom is -0.497 e. The molecule has 3 aromatic rings. The number of ether oxygens (including phenoxy) is 1. The molecule has 0 spiro atoms. The van der Waals surface area contributed by atoms with E-state index < -0.39 is 0 Å². The Kier molecular flexibility index (Phi) is 3.67. The number of nitrogens with zero attached hydrogens (tertiary/aromatic N) is 3. The van der Waals surface area contributed by atoms with Crippen molar-refractivity contribution in [3.05, 3.63) is 53.0 Å². The molecular weight excluding hydrogens is 290 g/mol. The lowest BCUT2D eigenvalue weighted by Gasteiger charge is -2.11. The molecule has 0 fully saturated rings. The van der Waals surface area contributed by atoms with E-state index in [9.17, 15) is 5.26 Å². The van der Waals surface area contributed by atoms with Crippen molar-refractivity contribution >= 4 is 0 Å². The molecule has 3 rings (SSSR count). The van der Waals surface area contributed by atoms with Crippen LogP contribution in [0.5, 0.6) is 5.75 Å². The second-order valence-electron chi connectivity index (χ2n) is 5.41. The van der Waals surface area contributed by atoms with E-state index in [4.69, 9.17) is 9.26 Å². The molecule has 0 saturated carbocycles. The fourth-order valence-electron chi connectivity index (χ4n) is 2.78. The van der Waals surface area contributed by atoms with E-state index in [1.807, 2.05) is 55.7 Å². The standard InChI is InChI=1S/C18H17N3O2/c1-11-9-16(14-5-7-15(22-4)8-6-14)21(17(11)10-19)18-12(2)20-23-13(18)3/h5-9H,1-4H3. The summed E-state index contributed by atoms with van der Waals surface area (Å²) in [6.45, 7) is 5.66. The normalized spacial score (nSPS) is 10.6. The third kappa shape index (κ3) is 2.38. The van der Waals surface area contributed by atoms with E-state index in [-0.39, 0.29) is 0 Å². The first-order valence-corrected chi connectivity index (χ1v) is 7.27. The van der Waals surface area contributed by atoms with Gasteiger partial charge in [0.25, 0.3) is 0 Å². The molecule has 0 radical (unpaired) electrons. The lowest BCUT2D eigenvalue weighted by molar-refractivity contribution is 0.393. The van der Waals surface area contributed by atoms with Gasteiger partial charge in [-0.3, -0.25) is 4.57 Å². The molecule has 0 aliphatic rings. The quantitative estimate of drug-likeness (QED) is 0.735. The average molecular weight is 307 g/mol. The van der Waals surface area contributed by atoms with Gasteiger partial charge in [-0.15, -0.1) is 0 Å². The van der Waals surface area contributed by atoms with Gasteiger partial charge in [-0.25, -0.2) is 0 Å². The maximum absolute atomic E-state index is 9.58. The van der Waals surface area contributed by atoms with E-state index >= 15 is 0 Å². The molecule has 0 bridgehead atoms. The zero-order valence-corrected chi connectivity index (χ0v) is 13.5. The first-order chi connectivity index (χ1) is 11.1. The van der Waals surface area contributed by atoms with Gasteiger partial charge in [-0.1, -0.05) is 5.16 Å². The number of hydrogen-bond donors (Lipinski definition) is 0. The summed E-state index contributed by atoms with van der Waals surface area (Å²) >= 11 is 0. The Morgan fingerprint density at radius 3 is 2.39 bits per heavy atom. The van der Waals surface area contributed by atoms with Crippen LogP contribution in [0.3, 0.4) is 0 Å². The molecule has 5 heteroatoms. The van der Waals surface area contributed by atoms with Crippen molar-refractivity contribution < 1.29 is 9.26 Å². The molecule has 2 heterocycles. The zero-order chi connectivity index (χ0) is 16.6. The molecule has 0 unspecified atom stereocenters. The fourth-order valence-corrected chi connectivity index (χ4v) is 2.78. The molecule has 0 aliphatic carbocycles. The minimum atomic E-state index is 0.588. The Balaban J connectivity index is 2.28. The van der Waals surface area contributed by atoms with Crippen molar-refractivity contribution in [1.29, 1.82) is 5.26 Å². The van der Waals surface area contributed by atoms with Gasteiger partial charge < -0.3 is 9.26 Å². The van der Waals surface area contributed by atoms with Crippen LogP contribution < -0.4 is 4.74 Å². The SMILES string of the molecule is COc1ccc(-c2cc(C)c(C#N)n2-c2c(C)noc2C)cc1. The number of benzene rings is 1. The molecule has 0 saturated heterocycles. The lowest BCUT2D eigenvalue weighted by Crippen LogP contribution is -2.02. The molecule has 23 heavy (non-hydrogen) atoms. The molecule has 0 amide bonds. The molecule has 0 N–H and O–H groups in total. The maximum atomic E-state index is 9.58. The van der Waals surface area contributed by atoms with Gasteiger partial charge in [0.15, 0.2) is 5.76 Å². The Labute approximate surface area is 134 Å². The zero-order valence-electron chi connectivity index (χ0n) is 13.5. The number of methoxy groups -OCH3 is 1. The van der Waals surface area contributed by atoms with E-state index in [1.54, 1.807) is 7.11 Å². The molecule has 116 valence electrons. The van der Waals surface area contributed by atoms with Crippen LogP contribution in [-0.4, -0.2) is 16.8 Å². The average Bonchev–Trinajstić information content (AvgIpc) is 3.06. The van der Waals surface area contributed by atoms with Gasteiger partial charge >= 0.3 is 0 Å². The highest BCUT2D eigenvalue weighted by molar-refractivity contribution is 5.68. The summed E-state index contributed by atoms with van der Waals surface area (Å²) in [7, 11) is 1.64. The van der Waals surface area contributed by atoms with Gasteiger partial charge in [0.1, 0.15) is 28.9 Å². The van der Waals surface area contributed by atoms with E-state index in [1.165, 1.54) is 0 Å². The summed E-state index contributed by atoms with van der Waals surface area (Å²) in [4.78, 5) is 0. The summed E-state index contributed by atoms with van der Waals surface area (Å²) < 4.78 is 12.4. The minimum absolute atomic E-state index is 0.588. The number of nitriles is 1. The highest BCUT2D eigenvalue weighted by Gasteiger charge is 2.21. The number of hydrogen-bond acceptors (Lipinski definition) is 4. The third-order valence-corrected chi connectivity index (χ3v) is 3.90. The second kappa shape index (κ2) is 5.65. The molecule has 0 aliphatic heterocycles. The van der Waals surface area contributed by atoms with Crippen molar-refractivity contribution in [3.63, 3.8) is 0 Å². The monoisotopic (exact) mass is 307 g/mol. The van der Waals surface area contributed by atoms with Crippen LogP contribution in [0.25, 0.3) is 16.9 Å². The van der Waals surface area contributed by atoms with Crippen LogP contribution in [0.4, 0.5) is 0 Å². The summed E-state index contributed by atoms with van der Waals surface area (Å²) in [6, 6.07) is 12.1. The predicted molar refractivity (Wildman–Crippen MR) is 86.7 cm³/mol. The van der Waals surface area contributed by atoms with Crippen LogP contribution in [0.2, 0.25) is 0 Å². The van der Waals surface area contributed by atoms with Crippen molar-refractivity contribution in [3.8, 4) is 28.8 Å². The van der Waals surface area contributed by atoms with Crippen molar-refractivity contribution in [1.82, 2.24) is 9.72 Å². The summed E-state index contributed by atoms with van der Waals surface area (Å²) in [5.41, 5.74) is 5.00. The molecule has 0 atom stereocenters. The topological polar surface area (TPSA) is 64.0 Å². The number of aromatic nitrogens is 2. The maximum Gasteiger partial charge on any atom is 0.157 e. The largest absolute Gasteiger partial charge is 0.497 e. The molecular formula is C18H17N3O2. The summed E-state index contributed by atoms with van der Waals surface area (Å²) in [5.74, 6) is 1.48. The van der Waals surface area contributed by atoms with E-state index in [0.717, 1.165) is 34.0 Å². The van der Waals surface area contributed by atoms with Crippen LogP contribution in [0, 0.1) is 32.1 Å². The van der Waals surface area contributed by atoms with Crippen LogP contribution in [0.15, 0.2) is 34.9 Å². The molecule has 1 aromatic carbocycles. The first kappa shape index (κ1) is 14.9. The van der Waals surface area contributed by atoms with Crippen molar-refractivity contribution in [2.24, 2.45) is 0 Å².